The van der Waals surface area contributed by atoms with Gasteiger partial charge in [-0.2, -0.15) is 0 Å². The smallest absolute Gasteiger partial charge is 0.257 e. The molecular formula is C21H25NO5. The van der Waals surface area contributed by atoms with Crippen LogP contribution in [0.3, 0.4) is 0 Å². The molecule has 0 aromatic heterocycles. The summed E-state index contributed by atoms with van der Waals surface area (Å²) in [5.41, 5.74) is -0.461. The van der Waals surface area contributed by atoms with E-state index in [4.69, 9.17) is 9.47 Å². The predicted molar refractivity (Wildman–Crippen MR) is 99.1 cm³/mol. The summed E-state index contributed by atoms with van der Waals surface area (Å²) in [6.45, 7) is 4.15. The SMILES string of the molecule is CC1(C)CC(=O)c2c(O)cc(OCC(=O)NCC3CC4C=CC3C4)cc2O1. The van der Waals surface area contributed by atoms with Gasteiger partial charge in [0.25, 0.3) is 5.91 Å². The quantitative estimate of drug-likeness (QED) is 0.778. The Morgan fingerprint density at radius 3 is 2.85 bits per heavy atom. The lowest BCUT2D eigenvalue weighted by atomic mass is 9.92. The lowest BCUT2D eigenvalue weighted by Gasteiger charge is -2.32. The maximum absolute atomic E-state index is 12.2. The van der Waals surface area contributed by atoms with Crippen LogP contribution in [0.4, 0.5) is 0 Å². The third kappa shape index (κ3) is 3.66. The van der Waals surface area contributed by atoms with E-state index in [1.807, 2.05) is 13.8 Å². The molecule has 0 saturated heterocycles. The Kier molecular flexibility index (Phi) is 4.36. The van der Waals surface area contributed by atoms with Crippen LogP contribution in [0.1, 0.15) is 43.5 Å². The topological polar surface area (TPSA) is 84.9 Å². The van der Waals surface area contributed by atoms with Gasteiger partial charge in [-0.05, 0) is 44.4 Å². The number of allylic oxidation sites excluding steroid dienone is 2. The molecule has 0 spiro atoms. The summed E-state index contributed by atoms with van der Waals surface area (Å²) in [7, 11) is 0. The molecular weight excluding hydrogens is 346 g/mol. The van der Waals surface area contributed by atoms with Crippen LogP contribution in [-0.4, -0.2) is 35.5 Å². The predicted octanol–water partition coefficient (Wildman–Crippen LogP) is 2.84. The number of aromatic hydroxyl groups is 1. The standard InChI is InChI=1S/C21H25NO5/c1-21(2)9-17(24)20-16(23)7-15(8-18(20)27-21)26-11-19(25)22-10-14-6-12-3-4-13(14)5-12/h3-4,7-8,12-14,23H,5-6,9-11H2,1-2H3,(H,22,25). The minimum Gasteiger partial charge on any atom is -0.507 e. The van der Waals surface area contributed by atoms with Gasteiger partial charge in [-0.3, -0.25) is 9.59 Å². The van der Waals surface area contributed by atoms with E-state index < -0.39 is 5.60 Å². The summed E-state index contributed by atoms with van der Waals surface area (Å²) >= 11 is 0. The van der Waals surface area contributed by atoms with Crippen molar-refractivity contribution in [2.45, 2.75) is 38.7 Å². The molecule has 1 aromatic carbocycles. The highest BCUT2D eigenvalue weighted by Crippen LogP contribution is 2.43. The summed E-state index contributed by atoms with van der Waals surface area (Å²) in [4.78, 5) is 24.3. The zero-order chi connectivity index (χ0) is 19.2. The number of nitrogens with one attached hydrogen (secondary N) is 1. The van der Waals surface area contributed by atoms with E-state index in [-0.39, 0.29) is 36.0 Å². The van der Waals surface area contributed by atoms with Gasteiger partial charge in [0, 0.05) is 18.7 Å². The highest BCUT2D eigenvalue weighted by Gasteiger charge is 2.36. The first kappa shape index (κ1) is 17.9. The first-order valence-electron chi connectivity index (χ1n) is 9.48. The van der Waals surface area contributed by atoms with Crippen molar-refractivity contribution in [1.29, 1.82) is 0 Å². The Morgan fingerprint density at radius 2 is 2.15 bits per heavy atom. The van der Waals surface area contributed by atoms with Crippen molar-refractivity contribution >= 4 is 11.7 Å². The van der Waals surface area contributed by atoms with E-state index in [1.54, 1.807) is 6.07 Å². The average Bonchev–Trinajstić information content (AvgIpc) is 3.19. The molecule has 1 saturated carbocycles. The largest absolute Gasteiger partial charge is 0.507 e. The van der Waals surface area contributed by atoms with E-state index in [9.17, 15) is 14.7 Å². The fourth-order valence-corrected chi connectivity index (χ4v) is 4.40. The normalized spacial score (nSPS) is 27.2. The summed E-state index contributed by atoms with van der Waals surface area (Å²) in [5.74, 6) is 1.83. The number of ether oxygens (including phenoxy) is 2. The first-order valence-corrected chi connectivity index (χ1v) is 9.48. The molecule has 2 bridgehead atoms. The maximum atomic E-state index is 12.2. The lowest BCUT2D eigenvalue weighted by molar-refractivity contribution is -0.123. The van der Waals surface area contributed by atoms with E-state index in [2.05, 4.69) is 17.5 Å². The van der Waals surface area contributed by atoms with Crippen LogP contribution in [0.2, 0.25) is 0 Å². The Labute approximate surface area is 158 Å². The molecule has 1 amide bonds. The van der Waals surface area contributed by atoms with Crippen LogP contribution in [0.15, 0.2) is 24.3 Å². The van der Waals surface area contributed by atoms with Crippen molar-refractivity contribution in [2.24, 2.45) is 17.8 Å². The molecule has 1 aromatic rings. The van der Waals surface area contributed by atoms with Gasteiger partial charge in [-0.1, -0.05) is 12.2 Å². The van der Waals surface area contributed by atoms with Gasteiger partial charge in [0.15, 0.2) is 12.4 Å². The van der Waals surface area contributed by atoms with Gasteiger partial charge in [-0.25, -0.2) is 0 Å². The number of Topliss-reactive ketones (excluding diaryl/α,β-unsaturated/α-hetero) is 1. The molecule has 2 N–H and O–H groups in total. The Bertz CT molecular complexity index is 813. The number of benzene rings is 1. The Hall–Kier alpha value is -2.50. The van der Waals surface area contributed by atoms with Gasteiger partial charge >= 0.3 is 0 Å². The van der Waals surface area contributed by atoms with Gasteiger partial charge in [-0.15, -0.1) is 0 Å². The Balaban J connectivity index is 1.34. The number of fused-ring (bicyclic) bond motifs is 3. The van der Waals surface area contributed by atoms with Crippen LogP contribution in [0, 0.1) is 17.8 Å². The van der Waals surface area contributed by atoms with Crippen molar-refractivity contribution in [3.63, 3.8) is 0 Å². The van der Waals surface area contributed by atoms with Crippen molar-refractivity contribution in [2.75, 3.05) is 13.2 Å². The van der Waals surface area contributed by atoms with Crippen molar-refractivity contribution in [3.05, 3.63) is 29.8 Å². The van der Waals surface area contributed by atoms with Gasteiger partial charge in [0.2, 0.25) is 0 Å². The van der Waals surface area contributed by atoms with E-state index in [1.165, 1.54) is 12.5 Å². The van der Waals surface area contributed by atoms with Crippen LogP contribution in [0.5, 0.6) is 17.2 Å². The van der Waals surface area contributed by atoms with Crippen LogP contribution in [0.25, 0.3) is 0 Å². The molecule has 1 aliphatic heterocycles. The highest BCUT2D eigenvalue weighted by atomic mass is 16.5. The molecule has 1 heterocycles. The minimum atomic E-state index is -0.637. The van der Waals surface area contributed by atoms with E-state index in [0.29, 0.717) is 35.8 Å². The second-order valence-corrected chi connectivity index (χ2v) is 8.41. The number of rotatable bonds is 5. The number of amides is 1. The third-order valence-corrected chi connectivity index (χ3v) is 5.65. The minimum absolute atomic E-state index is 0.147. The number of ketones is 1. The monoisotopic (exact) mass is 371 g/mol. The van der Waals surface area contributed by atoms with Crippen molar-refractivity contribution in [3.8, 4) is 17.2 Å². The summed E-state index contributed by atoms with van der Waals surface area (Å²) < 4.78 is 11.3. The number of phenols is 1. The summed E-state index contributed by atoms with van der Waals surface area (Å²) in [5, 5.41) is 13.1. The fourth-order valence-electron chi connectivity index (χ4n) is 4.40. The number of phenolic OH excluding ortho intramolecular Hbond substituents is 1. The zero-order valence-corrected chi connectivity index (χ0v) is 15.7. The van der Waals surface area contributed by atoms with E-state index >= 15 is 0 Å². The fraction of sp³-hybridized carbons (Fsp3) is 0.524. The van der Waals surface area contributed by atoms with Crippen LogP contribution in [-0.2, 0) is 4.79 Å². The summed E-state index contributed by atoms with van der Waals surface area (Å²) in [6, 6.07) is 2.91. The first-order chi connectivity index (χ1) is 12.8. The van der Waals surface area contributed by atoms with Gasteiger partial charge < -0.3 is 19.9 Å². The van der Waals surface area contributed by atoms with Gasteiger partial charge in [0.1, 0.15) is 28.4 Å². The van der Waals surface area contributed by atoms with E-state index in [0.717, 1.165) is 6.42 Å². The molecule has 0 radical (unpaired) electrons. The number of hydrogen-bond donors (Lipinski definition) is 2. The average molecular weight is 371 g/mol. The molecule has 27 heavy (non-hydrogen) atoms. The molecule has 3 aliphatic rings. The van der Waals surface area contributed by atoms with Crippen LogP contribution < -0.4 is 14.8 Å². The molecule has 6 nitrogen and oxygen atoms in total. The lowest BCUT2D eigenvalue weighted by Crippen LogP contribution is -2.36. The van der Waals surface area contributed by atoms with Crippen molar-refractivity contribution < 1.29 is 24.2 Å². The van der Waals surface area contributed by atoms with Crippen molar-refractivity contribution in [1.82, 2.24) is 5.32 Å². The second kappa shape index (κ2) is 6.59. The molecule has 144 valence electrons. The molecule has 2 aliphatic carbocycles. The maximum Gasteiger partial charge on any atom is 0.257 e. The zero-order valence-electron chi connectivity index (χ0n) is 15.7. The third-order valence-electron chi connectivity index (χ3n) is 5.65. The Morgan fingerprint density at radius 1 is 1.33 bits per heavy atom. The molecule has 3 atom stereocenters. The number of hydrogen-bond acceptors (Lipinski definition) is 5. The van der Waals surface area contributed by atoms with Crippen LogP contribution >= 0.6 is 0 Å². The summed E-state index contributed by atoms with van der Waals surface area (Å²) in [6.07, 6.45) is 7.10. The molecule has 1 fully saturated rings. The molecule has 6 heteroatoms. The van der Waals surface area contributed by atoms with Gasteiger partial charge in [0.05, 0.1) is 6.42 Å². The highest BCUT2D eigenvalue weighted by molar-refractivity contribution is 6.03. The number of carbonyl (C=O) groups excluding carboxylic acids is 2. The molecule has 3 unspecified atom stereocenters. The second-order valence-electron chi connectivity index (χ2n) is 8.41. The number of carbonyl (C=O) groups is 2. The molecule has 4 rings (SSSR count).